The Morgan fingerprint density at radius 1 is 1.12 bits per heavy atom. The van der Waals surface area contributed by atoms with Crippen LogP contribution in [-0.2, 0) is 17.5 Å². The number of hydrogen-bond donors (Lipinski definition) is 0. The molecule has 26 heavy (non-hydrogen) atoms. The Balaban J connectivity index is 1.77. The first-order chi connectivity index (χ1) is 12.4. The summed E-state index contributed by atoms with van der Waals surface area (Å²) in [5, 5.41) is 8.28. The largest absolute Gasteiger partial charge is 0.478 e. The number of aromatic nitrogens is 1. The number of pyridine rings is 1. The molecule has 2 rings (SSSR count). The quantitative estimate of drug-likeness (QED) is 0.474. The maximum absolute atomic E-state index is 13.0. The zero-order valence-corrected chi connectivity index (χ0v) is 14.5. The zero-order chi connectivity index (χ0) is 19.0. The van der Waals surface area contributed by atoms with Gasteiger partial charge >= 0.3 is 6.18 Å². The van der Waals surface area contributed by atoms with Gasteiger partial charge in [-0.05, 0) is 18.4 Å². The van der Waals surface area contributed by atoms with E-state index < -0.39 is 22.5 Å². The van der Waals surface area contributed by atoms with Crippen LogP contribution in [0.25, 0.3) is 0 Å². The number of nitrogens with zero attached hydrogens (tertiary/aromatic N) is 2. The standard InChI is InChI=1S/C18H16ClF3N2O2/c19-17-14(11-23)15(18(20,21)22)10-16(24-17)26-9-5-4-8-25-12-13-6-2-1-3-7-13/h1-3,6-7,10H,4-5,8-9,12H2. The molecule has 1 aromatic heterocycles. The smallest absolute Gasteiger partial charge is 0.417 e. The summed E-state index contributed by atoms with van der Waals surface area (Å²) in [6.45, 7) is 1.18. The predicted octanol–water partition coefficient (Wildman–Crippen LogP) is 5.00. The highest BCUT2D eigenvalue weighted by molar-refractivity contribution is 6.30. The van der Waals surface area contributed by atoms with Crippen molar-refractivity contribution in [3.8, 4) is 11.9 Å². The van der Waals surface area contributed by atoms with Crippen LogP contribution >= 0.6 is 11.6 Å². The summed E-state index contributed by atoms with van der Waals surface area (Å²) in [4.78, 5) is 3.68. The predicted molar refractivity (Wildman–Crippen MR) is 89.8 cm³/mol. The fourth-order valence-corrected chi connectivity index (χ4v) is 2.37. The van der Waals surface area contributed by atoms with Crippen LogP contribution in [0.4, 0.5) is 13.2 Å². The molecule has 0 saturated heterocycles. The van der Waals surface area contributed by atoms with Crippen LogP contribution in [-0.4, -0.2) is 18.2 Å². The maximum Gasteiger partial charge on any atom is 0.417 e. The summed E-state index contributed by atoms with van der Waals surface area (Å²) in [6.07, 6.45) is -3.44. The van der Waals surface area contributed by atoms with E-state index in [-0.39, 0.29) is 12.5 Å². The maximum atomic E-state index is 13.0. The lowest BCUT2D eigenvalue weighted by atomic mass is 10.1. The molecule has 0 bridgehead atoms. The van der Waals surface area contributed by atoms with Gasteiger partial charge in [-0.1, -0.05) is 41.9 Å². The Morgan fingerprint density at radius 3 is 2.46 bits per heavy atom. The van der Waals surface area contributed by atoms with E-state index in [2.05, 4.69) is 4.98 Å². The van der Waals surface area contributed by atoms with Gasteiger partial charge in [-0.3, -0.25) is 0 Å². The molecule has 0 amide bonds. The number of hydrogen-bond acceptors (Lipinski definition) is 4. The molecule has 2 aromatic rings. The molecule has 0 N–H and O–H groups in total. The summed E-state index contributed by atoms with van der Waals surface area (Å²) >= 11 is 5.65. The van der Waals surface area contributed by atoms with Crippen molar-refractivity contribution in [2.45, 2.75) is 25.6 Å². The molecule has 1 heterocycles. The second-order valence-corrected chi connectivity index (χ2v) is 5.74. The van der Waals surface area contributed by atoms with Crippen molar-refractivity contribution in [2.24, 2.45) is 0 Å². The van der Waals surface area contributed by atoms with E-state index >= 15 is 0 Å². The highest BCUT2D eigenvalue weighted by Crippen LogP contribution is 2.36. The van der Waals surface area contributed by atoms with E-state index in [4.69, 9.17) is 26.3 Å². The van der Waals surface area contributed by atoms with Gasteiger partial charge in [0.2, 0.25) is 5.88 Å². The van der Waals surface area contributed by atoms with Crippen LogP contribution < -0.4 is 4.74 Å². The molecule has 138 valence electrons. The first-order valence-electron chi connectivity index (χ1n) is 7.84. The Hall–Kier alpha value is -2.30. The van der Waals surface area contributed by atoms with Gasteiger partial charge in [0.1, 0.15) is 11.6 Å². The van der Waals surface area contributed by atoms with Crippen LogP contribution in [0.15, 0.2) is 36.4 Å². The number of unbranched alkanes of at least 4 members (excludes halogenated alkanes) is 1. The molecule has 0 unspecified atom stereocenters. The van der Waals surface area contributed by atoms with E-state index in [1.165, 1.54) is 6.07 Å². The van der Waals surface area contributed by atoms with Crippen LogP contribution in [0.1, 0.15) is 29.5 Å². The van der Waals surface area contributed by atoms with Crippen molar-refractivity contribution in [1.29, 1.82) is 5.26 Å². The lowest BCUT2D eigenvalue weighted by Crippen LogP contribution is -2.11. The van der Waals surface area contributed by atoms with Gasteiger partial charge in [-0.15, -0.1) is 0 Å². The van der Waals surface area contributed by atoms with E-state index in [1.807, 2.05) is 30.3 Å². The lowest BCUT2D eigenvalue weighted by molar-refractivity contribution is -0.138. The van der Waals surface area contributed by atoms with Crippen molar-refractivity contribution < 1.29 is 22.6 Å². The second-order valence-electron chi connectivity index (χ2n) is 5.38. The normalized spacial score (nSPS) is 11.2. The minimum atomic E-state index is -4.71. The Bertz CT molecular complexity index is 762. The minimum Gasteiger partial charge on any atom is -0.478 e. The molecule has 0 spiro atoms. The van der Waals surface area contributed by atoms with Crippen LogP contribution in [0.5, 0.6) is 5.88 Å². The van der Waals surface area contributed by atoms with Crippen molar-refractivity contribution in [3.63, 3.8) is 0 Å². The Kier molecular flexibility index (Phi) is 7.25. The third kappa shape index (κ3) is 5.90. The first-order valence-corrected chi connectivity index (χ1v) is 8.22. The van der Waals surface area contributed by atoms with Crippen molar-refractivity contribution >= 4 is 11.6 Å². The van der Waals surface area contributed by atoms with Gasteiger partial charge in [-0.2, -0.15) is 18.4 Å². The van der Waals surface area contributed by atoms with E-state index in [9.17, 15) is 13.2 Å². The van der Waals surface area contributed by atoms with Crippen molar-refractivity contribution in [2.75, 3.05) is 13.2 Å². The van der Waals surface area contributed by atoms with Crippen molar-refractivity contribution in [1.82, 2.24) is 4.98 Å². The van der Waals surface area contributed by atoms with Gasteiger partial charge < -0.3 is 9.47 Å². The molecular weight excluding hydrogens is 369 g/mol. The third-order valence-electron chi connectivity index (χ3n) is 3.41. The topological polar surface area (TPSA) is 55.1 Å². The second kappa shape index (κ2) is 9.41. The average molecular weight is 385 g/mol. The highest BCUT2D eigenvalue weighted by atomic mass is 35.5. The molecular formula is C18H16ClF3N2O2. The first kappa shape index (κ1) is 20.0. The molecule has 1 aromatic carbocycles. The van der Waals surface area contributed by atoms with Gasteiger partial charge in [0, 0.05) is 12.7 Å². The number of rotatable bonds is 8. The molecule has 4 nitrogen and oxygen atoms in total. The zero-order valence-electron chi connectivity index (χ0n) is 13.7. The summed E-state index contributed by atoms with van der Waals surface area (Å²) < 4.78 is 49.6. The molecule has 0 radical (unpaired) electrons. The summed E-state index contributed by atoms with van der Waals surface area (Å²) in [6, 6.07) is 11.8. The SMILES string of the molecule is N#Cc1c(C(F)(F)F)cc(OCCCCOCc2ccccc2)nc1Cl. The van der Waals surface area contributed by atoms with Gasteiger partial charge in [0.05, 0.1) is 18.8 Å². The fourth-order valence-electron chi connectivity index (χ4n) is 2.14. The van der Waals surface area contributed by atoms with E-state index in [1.54, 1.807) is 0 Å². The van der Waals surface area contributed by atoms with Gasteiger partial charge in [-0.25, -0.2) is 4.98 Å². The van der Waals surface area contributed by atoms with E-state index in [0.717, 1.165) is 5.56 Å². The summed E-state index contributed by atoms with van der Waals surface area (Å²) in [7, 11) is 0. The summed E-state index contributed by atoms with van der Waals surface area (Å²) in [5.74, 6) is -0.258. The molecule has 0 aliphatic heterocycles. The monoisotopic (exact) mass is 384 g/mol. The number of nitriles is 1. The van der Waals surface area contributed by atoms with Crippen LogP contribution in [0.2, 0.25) is 5.15 Å². The molecule has 0 aliphatic carbocycles. The molecule has 0 aliphatic rings. The molecule has 8 heteroatoms. The molecule has 0 atom stereocenters. The molecule has 0 fully saturated rings. The lowest BCUT2D eigenvalue weighted by Gasteiger charge is -2.12. The van der Waals surface area contributed by atoms with Crippen LogP contribution in [0.3, 0.4) is 0 Å². The fraction of sp³-hybridized carbons (Fsp3) is 0.333. The number of alkyl halides is 3. The third-order valence-corrected chi connectivity index (χ3v) is 3.69. The van der Waals surface area contributed by atoms with Crippen molar-refractivity contribution in [3.05, 3.63) is 58.2 Å². The number of halogens is 4. The Morgan fingerprint density at radius 2 is 1.81 bits per heavy atom. The van der Waals surface area contributed by atoms with E-state index in [0.29, 0.717) is 32.1 Å². The highest BCUT2D eigenvalue weighted by Gasteiger charge is 2.36. The Labute approximate surface area is 154 Å². The average Bonchev–Trinajstić information content (AvgIpc) is 2.60. The summed E-state index contributed by atoms with van der Waals surface area (Å²) in [5.41, 5.74) is -0.790. The van der Waals surface area contributed by atoms with Gasteiger partial charge in [0.25, 0.3) is 0 Å². The van der Waals surface area contributed by atoms with Crippen LogP contribution in [0, 0.1) is 11.3 Å². The minimum absolute atomic E-state index is 0.168. The van der Waals surface area contributed by atoms with Gasteiger partial charge in [0.15, 0.2) is 5.15 Å². The number of benzene rings is 1. The number of ether oxygens (including phenoxy) is 2. The molecule has 0 saturated carbocycles.